The van der Waals surface area contributed by atoms with Gasteiger partial charge in [-0.3, -0.25) is 9.59 Å². The Balaban J connectivity index is 1.92. The number of benzene rings is 3. The molecule has 0 saturated heterocycles. The Morgan fingerprint density at radius 2 is 1.65 bits per heavy atom. The van der Waals surface area contributed by atoms with E-state index >= 15 is 0 Å². The topological polar surface area (TPSA) is 58.6 Å². The highest BCUT2D eigenvalue weighted by atomic mass is 35.5. The van der Waals surface area contributed by atoms with Crippen molar-refractivity contribution in [2.24, 2.45) is 0 Å². The zero-order valence-electron chi connectivity index (χ0n) is 21.5. The number of halogens is 2. The van der Waals surface area contributed by atoms with Gasteiger partial charge in [0.15, 0.2) is 6.61 Å². The first-order valence-electron chi connectivity index (χ1n) is 12.6. The van der Waals surface area contributed by atoms with Crippen molar-refractivity contribution in [3.63, 3.8) is 0 Å². The van der Waals surface area contributed by atoms with Gasteiger partial charge in [-0.05, 0) is 60.7 Å². The molecule has 0 aliphatic carbocycles. The number of amides is 2. The fourth-order valence-corrected chi connectivity index (χ4v) is 4.35. The molecule has 1 N–H and O–H groups in total. The van der Waals surface area contributed by atoms with Crippen LogP contribution in [0.25, 0.3) is 0 Å². The molecule has 0 unspecified atom stereocenters. The molecule has 5 nitrogen and oxygen atoms in total. The Bertz CT molecular complexity index is 1170. The highest BCUT2D eigenvalue weighted by Crippen LogP contribution is 2.24. The Morgan fingerprint density at radius 3 is 2.27 bits per heavy atom. The van der Waals surface area contributed by atoms with Crippen LogP contribution in [-0.4, -0.2) is 35.4 Å². The van der Waals surface area contributed by atoms with Crippen molar-refractivity contribution in [1.82, 2.24) is 10.2 Å². The molecule has 0 heterocycles. The lowest BCUT2D eigenvalue weighted by atomic mass is 10.0. The SMILES string of the molecule is CCc1ccc(OCC(=O)N(Cc2ccc(Cl)cc2Cl)[C@H](Cc2ccccc2)C(=O)N[C@H](C)CC)cc1. The maximum Gasteiger partial charge on any atom is 0.261 e. The van der Waals surface area contributed by atoms with Crippen LogP contribution in [0.4, 0.5) is 0 Å². The van der Waals surface area contributed by atoms with Crippen LogP contribution in [0.3, 0.4) is 0 Å². The lowest BCUT2D eigenvalue weighted by molar-refractivity contribution is -0.143. The first kappa shape index (κ1) is 28.5. The van der Waals surface area contributed by atoms with Crippen LogP contribution in [-0.2, 0) is 29.0 Å². The quantitative estimate of drug-likeness (QED) is 0.285. The van der Waals surface area contributed by atoms with Crippen LogP contribution >= 0.6 is 23.2 Å². The normalized spacial score (nSPS) is 12.5. The second-order valence-electron chi connectivity index (χ2n) is 9.07. The molecule has 3 aromatic rings. The molecule has 0 bridgehead atoms. The third-order valence-corrected chi connectivity index (χ3v) is 6.91. The first-order valence-corrected chi connectivity index (χ1v) is 13.4. The zero-order chi connectivity index (χ0) is 26.8. The van der Waals surface area contributed by atoms with E-state index in [2.05, 4.69) is 12.2 Å². The lowest BCUT2D eigenvalue weighted by Gasteiger charge is -2.32. The van der Waals surface area contributed by atoms with Crippen molar-refractivity contribution in [3.05, 3.63) is 99.5 Å². The van der Waals surface area contributed by atoms with E-state index in [9.17, 15) is 9.59 Å². The summed E-state index contributed by atoms with van der Waals surface area (Å²) in [5.74, 6) is 0.0634. The number of nitrogens with zero attached hydrogens (tertiary/aromatic N) is 1. The second-order valence-corrected chi connectivity index (χ2v) is 9.91. The summed E-state index contributed by atoms with van der Waals surface area (Å²) < 4.78 is 5.84. The summed E-state index contributed by atoms with van der Waals surface area (Å²) in [7, 11) is 0. The van der Waals surface area contributed by atoms with Crippen molar-refractivity contribution < 1.29 is 14.3 Å². The van der Waals surface area contributed by atoms with E-state index < -0.39 is 6.04 Å². The highest BCUT2D eigenvalue weighted by Gasteiger charge is 2.31. The minimum Gasteiger partial charge on any atom is -0.484 e. The molecule has 0 saturated carbocycles. The summed E-state index contributed by atoms with van der Waals surface area (Å²) in [6.45, 7) is 5.96. The largest absolute Gasteiger partial charge is 0.484 e. The maximum absolute atomic E-state index is 13.7. The van der Waals surface area contributed by atoms with Crippen molar-refractivity contribution in [2.45, 2.75) is 58.7 Å². The van der Waals surface area contributed by atoms with Gasteiger partial charge in [-0.1, -0.05) is 85.6 Å². The van der Waals surface area contributed by atoms with E-state index in [0.29, 0.717) is 27.8 Å². The highest BCUT2D eigenvalue weighted by molar-refractivity contribution is 6.35. The Morgan fingerprint density at radius 1 is 0.946 bits per heavy atom. The van der Waals surface area contributed by atoms with E-state index in [1.165, 1.54) is 5.56 Å². The maximum atomic E-state index is 13.7. The number of ether oxygens (including phenoxy) is 1. The van der Waals surface area contributed by atoms with Gasteiger partial charge in [0.2, 0.25) is 5.91 Å². The summed E-state index contributed by atoms with van der Waals surface area (Å²) in [6.07, 6.45) is 2.05. The molecule has 2 atom stereocenters. The fraction of sp³-hybridized carbons (Fsp3) is 0.333. The van der Waals surface area contributed by atoms with E-state index in [-0.39, 0.29) is 31.0 Å². The Labute approximate surface area is 229 Å². The standard InChI is InChI=1S/C30H34Cl2N2O3/c1-4-21(3)33-30(36)28(17-23-9-7-6-8-10-23)34(19-24-13-14-25(31)18-27(24)32)29(35)20-37-26-15-11-22(5-2)12-16-26/h6-16,18,21,28H,4-5,17,19-20H2,1-3H3,(H,33,36)/t21-,28-/m1/s1. The summed E-state index contributed by atoms with van der Waals surface area (Å²) in [6, 6.07) is 21.7. The molecule has 0 aromatic heterocycles. The molecular formula is C30H34Cl2N2O3. The van der Waals surface area contributed by atoms with Crippen LogP contribution in [0, 0.1) is 0 Å². The molecule has 0 radical (unpaired) electrons. The predicted octanol–water partition coefficient (Wildman–Crippen LogP) is 6.49. The Hall–Kier alpha value is -3.02. The molecule has 3 rings (SSSR count). The van der Waals surface area contributed by atoms with Crippen molar-refractivity contribution in [3.8, 4) is 5.75 Å². The van der Waals surface area contributed by atoms with Gasteiger partial charge in [0.25, 0.3) is 5.91 Å². The summed E-state index contributed by atoms with van der Waals surface area (Å²) in [5, 5.41) is 3.99. The second kappa shape index (κ2) is 14.1. The van der Waals surface area contributed by atoms with E-state index in [0.717, 1.165) is 18.4 Å². The number of carbonyl (C=O) groups is 2. The average molecular weight is 542 g/mol. The predicted molar refractivity (Wildman–Crippen MR) is 150 cm³/mol. The van der Waals surface area contributed by atoms with Gasteiger partial charge in [-0.25, -0.2) is 0 Å². The minimum absolute atomic E-state index is 0.0322. The van der Waals surface area contributed by atoms with Crippen LogP contribution in [0.2, 0.25) is 10.0 Å². The third kappa shape index (κ3) is 8.51. The number of aryl methyl sites for hydroxylation is 1. The molecule has 196 valence electrons. The molecular weight excluding hydrogens is 507 g/mol. The molecule has 2 amide bonds. The van der Waals surface area contributed by atoms with Crippen molar-refractivity contribution >= 4 is 35.0 Å². The summed E-state index contributed by atoms with van der Waals surface area (Å²) in [5.41, 5.74) is 2.83. The number of rotatable bonds is 12. The molecule has 7 heteroatoms. The molecule has 0 spiro atoms. The Kier molecular flexibility index (Phi) is 10.8. The number of carbonyl (C=O) groups excluding carboxylic acids is 2. The third-order valence-electron chi connectivity index (χ3n) is 6.32. The fourth-order valence-electron chi connectivity index (χ4n) is 3.88. The smallest absolute Gasteiger partial charge is 0.261 e. The van der Waals surface area contributed by atoms with E-state index in [1.807, 2.05) is 68.4 Å². The first-order chi connectivity index (χ1) is 17.8. The van der Waals surface area contributed by atoms with Gasteiger partial charge >= 0.3 is 0 Å². The van der Waals surface area contributed by atoms with Gasteiger partial charge in [0, 0.05) is 29.1 Å². The van der Waals surface area contributed by atoms with Gasteiger partial charge < -0.3 is 15.0 Å². The van der Waals surface area contributed by atoms with Gasteiger partial charge in [0.1, 0.15) is 11.8 Å². The number of hydrogen-bond donors (Lipinski definition) is 1. The van der Waals surface area contributed by atoms with Gasteiger partial charge in [-0.15, -0.1) is 0 Å². The number of nitrogens with one attached hydrogen (secondary N) is 1. The van der Waals surface area contributed by atoms with E-state index in [1.54, 1.807) is 23.1 Å². The van der Waals surface area contributed by atoms with Crippen molar-refractivity contribution in [1.29, 1.82) is 0 Å². The number of hydrogen-bond acceptors (Lipinski definition) is 3. The lowest BCUT2D eigenvalue weighted by Crippen LogP contribution is -2.53. The molecule has 0 fully saturated rings. The molecule has 37 heavy (non-hydrogen) atoms. The molecule has 0 aliphatic heterocycles. The molecule has 3 aromatic carbocycles. The van der Waals surface area contributed by atoms with Gasteiger partial charge in [-0.2, -0.15) is 0 Å². The van der Waals surface area contributed by atoms with Crippen LogP contribution in [0.15, 0.2) is 72.8 Å². The summed E-state index contributed by atoms with van der Waals surface area (Å²) in [4.78, 5) is 28.8. The van der Waals surface area contributed by atoms with Crippen LogP contribution in [0.1, 0.15) is 43.9 Å². The van der Waals surface area contributed by atoms with Crippen LogP contribution < -0.4 is 10.1 Å². The van der Waals surface area contributed by atoms with Crippen molar-refractivity contribution in [2.75, 3.05) is 6.61 Å². The molecule has 0 aliphatic rings. The monoisotopic (exact) mass is 540 g/mol. The minimum atomic E-state index is -0.762. The van der Waals surface area contributed by atoms with E-state index in [4.69, 9.17) is 27.9 Å². The zero-order valence-corrected chi connectivity index (χ0v) is 23.1. The van der Waals surface area contributed by atoms with Gasteiger partial charge in [0.05, 0.1) is 0 Å². The summed E-state index contributed by atoms with van der Waals surface area (Å²) >= 11 is 12.6. The average Bonchev–Trinajstić information content (AvgIpc) is 2.91. The van der Waals surface area contributed by atoms with Crippen LogP contribution in [0.5, 0.6) is 5.75 Å².